The number of aromatic amines is 1. The maximum atomic E-state index is 12.6. The molecule has 0 aliphatic carbocycles. The SMILES string of the molecule is O=C1[N]C=Cc2cc(-c3cnc4[nH]ccc4n3)nc(Nc3ccc(N4CCOCC4)cc3)c21. The van der Waals surface area contributed by atoms with Gasteiger partial charge in [0, 0.05) is 36.9 Å². The van der Waals surface area contributed by atoms with Gasteiger partial charge in [0.25, 0.3) is 5.91 Å². The number of ether oxygens (including phenoxy) is 1. The van der Waals surface area contributed by atoms with Crippen LogP contribution in [0.15, 0.2) is 55.0 Å². The van der Waals surface area contributed by atoms with Crippen LogP contribution in [0, 0.1) is 0 Å². The van der Waals surface area contributed by atoms with Crippen molar-refractivity contribution in [1.29, 1.82) is 0 Å². The van der Waals surface area contributed by atoms with E-state index in [4.69, 9.17) is 9.72 Å². The van der Waals surface area contributed by atoms with E-state index in [2.05, 4.69) is 42.6 Å². The van der Waals surface area contributed by atoms with E-state index >= 15 is 0 Å². The van der Waals surface area contributed by atoms with Gasteiger partial charge in [0.2, 0.25) is 0 Å². The summed E-state index contributed by atoms with van der Waals surface area (Å²) < 4.78 is 5.43. The zero-order chi connectivity index (χ0) is 22.2. The maximum Gasteiger partial charge on any atom is 0.281 e. The number of amides is 1. The number of benzene rings is 1. The van der Waals surface area contributed by atoms with Crippen molar-refractivity contribution in [3.63, 3.8) is 0 Å². The summed E-state index contributed by atoms with van der Waals surface area (Å²) in [5, 5.41) is 7.25. The highest BCUT2D eigenvalue weighted by Crippen LogP contribution is 2.30. The topological polar surface area (TPSA) is 110 Å². The van der Waals surface area contributed by atoms with Crippen LogP contribution in [0.1, 0.15) is 15.9 Å². The molecule has 0 unspecified atom stereocenters. The summed E-state index contributed by atoms with van der Waals surface area (Å²) in [6.07, 6.45) is 6.78. The Bertz CT molecular complexity index is 1370. The Labute approximate surface area is 189 Å². The number of hydrogen-bond acceptors (Lipinski definition) is 7. The van der Waals surface area contributed by atoms with Gasteiger partial charge in [0.15, 0.2) is 5.65 Å². The van der Waals surface area contributed by atoms with Crippen molar-refractivity contribution in [2.24, 2.45) is 0 Å². The first-order valence-electron chi connectivity index (χ1n) is 10.7. The number of aromatic nitrogens is 4. The van der Waals surface area contributed by atoms with E-state index in [0.29, 0.717) is 28.4 Å². The van der Waals surface area contributed by atoms with Crippen molar-refractivity contribution >= 4 is 40.3 Å². The van der Waals surface area contributed by atoms with Crippen LogP contribution >= 0.6 is 0 Å². The summed E-state index contributed by atoms with van der Waals surface area (Å²) in [6, 6.07) is 11.8. The lowest BCUT2D eigenvalue weighted by molar-refractivity contribution is 0.0965. The van der Waals surface area contributed by atoms with Gasteiger partial charge < -0.3 is 19.9 Å². The van der Waals surface area contributed by atoms with Crippen molar-refractivity contribution in [2.45, 2.75) is 0 Å². The van der Waals surface area contributed by atoms with Crippen LogP contribution in [-0.2, 0) is 4.74 Å². The molecular formula is C24H20N7O2. The Kier molecular flexibility index (Phi) is 4.73. The van der Waals surface area contributed by atoms with Crippen LogP contribution < -0.4 is 15.5 Å². The minimum Gasteiger partial charge on any atom is -0.378 e. The zero-order valence-corrected chi connectivity index (χ0v) is 17.7. The van der Waals surface area contributed by atoms with Gasteiger partial charge in [-0.1, -0.05) is 0 Å². The Morgan fingerprint density at radius 3 is 2.73 bits per heavy atom. The van der Waals surface area contributed by atoms with Crippen molar-refractivity contribution in [3.8, 4) is 11.4 Å². The fraction of sp³-hybridized carbons (Fsp3) is 0.167. The number of carbonyl (C=O) groups is 1. The first-order valence-corrected chi connectivity index (χ1v) is 10.7. The quantitative estimate of drug-likeness (QED) is 0.503. The fourth-order valence-electron chi connectivity index (χ4n) is 4.06. The summed E-state index contributed by atoms with van der Waals surface area (Å²) in [7, 11) is 0. The monoisotopic (exact) mass is 438 g/mol. The molecule has 4 aromatic rings. The fourth-order valence-corrected chi connectivity index (χ4v) is 4.06. The minimum atomic E-state index is -0.328. The molecule has 1 aromatic carbocycles. The van der Waals surface area contributed by atoms with E-state index in [9.17, 15) is 4.79 Å². The van der Waals surface area contributed by atoms with Gasteiger partial charge in [0.1, 0.15) is 17.0 Å². The van der Waals surface area contributed by atoms with Gasteiger partial charge in [-0.15, -0.1) is 0 Å². The number of anilines is 3. The van der Waals surface area contributed by atoms with Gasteiger partial charge >= 0.3 is 0 Å². The molecule has 163 valence electrons. The molecule has 9 nitrogen and oxygen atoms in total. The maximum absolute atomic E-state index is 12.6. The summed E-state index contributed by atoms with van der Waals surface area (Å²) in [5.41, 5.74) is 5.85. The van der Waals surface area contributed by atoms with Crippen LogP contribution in [0.3, 0.4) is 0 Å². The zero-order valence-electron chi connectivity index (χ0n) is 17.7. The summed E-state index contributed by atoms with van der Waals surface area (Å²) in [6.45, 7) is 3.22. The normalized spacial score (nSPS) is 15.4. The molecule has 5 heterocycles. The van der Waals surface area contributed by atoms with Gasteiger partial charge in [-0.05, 0) is 48.0 Å². The van der Waals surface area contributed by atoms with Crippen molar-refractivity contribution in [1.82, 2.24) is 25.3 Å². The first kappa shape index (κ1) is 19.4. The minimum absolute atomic E-state index is 0.328. The lowest BCUT2D eigenvalue weighted by Crippen LogP contribution is -2.36. The molecule has 6 rings (SSSR count). The van der Waals surface area contributed by atoms with E-state index in [1.54, 1.807) is 18.5 Å². The third-order valence-electron chi connectivity index (χ3n) is 5.74. The third-order valence-corrected chi connectivity index (χ3v) is 5.74. The first-order chi connectivity index (χ1) is 16.2. The second-order valence-corrected chi connectivity index (χ2v) is 7.81. The number of carbonyl (C=O) groups excluding carboxylic acids is 1. The number of H-pyrrole nitrogens is 1. The number of nitrogens with zero attached hydrogens (tertiary/aromatic N) is 5. The van der Waals surface area contributed by atoms with E-state index in [-0.39, 0.29) is 5.91 Å². The number of hydrogen-bond donors (Lipinski definition) is 2. The molecule has 9 heteroatoms. The second kappa shape index (κ2) is 8.03. The van der Waals surface area contributed by atoms with Gasteiger partial charge in [-0.2, -0.15) is 0 Å². The van der Waals surface area contributed by atoms with Crippen LogP contribution in [0.25, 0.3) is 28.6 Å². The van der Waals surface area contributed by atoms with Crippen LogP contribution in [0.5, 0.6) is 0 Å². The summed E-state index contributed by atoms with van der Waals surface area (Å²) in [4.78, 5) is 31.7. The van der Waals surface area contributed by atoms with E-state index < -0.39 is 0 Å². The van der Waals surface area contributed by atoms with Gasteiger partial charge in [-0.3, -0.25) is 4.79 Å². The van der Waals surface area contributed by atoms with Crippen molar-refractivity contribution < 1.29 is 9.53 Å². The predicted molar refractivity (Wildman–Crippen MR) is 125 cm³/mol. The van der Waals surface area contributed by atoms with Gasteiger partial charge in [-0.25, -0.2) is 20.3 Å². The second-order valence-electron chi connectivity index (χ2n) is 7.81. The van der Waals surface area contributed by atoms with E-state index in [1.807, 2.05) is 24.3 Å². The standard InChI is InChI=1S/C24H20N7O2/c32-24-21-15(5-7-26-24)13-19(20-14-27-22-18(29-20)6-8-25-22)30-23(21)28-16-1-3-17(4-2-16)31-9-11-33-12-10-31/h1-8,13-14H,9-12H2,(H,25,27)(H,28,30). The number of rotatable bonds is 4. The molecule has 1 radical (unpaired) electrons. The Hall–Kier alpha value is -4.24. The number of morpholine rings is 1. The van der Waals surface area contributed by atoms with E-state index in [1.165, 1.54) is 6.20 Å². The highest BCUT2D eigenvalue weighted by Gasteiger charge is 2.23. The van der Waals surface area contributed by atoms with Crippen LogP contribution in [-0.4, -0.2) is 52.1 Å². The largest absolute Gasteiger partial charge is 0.378 e. The Morgan fingerprint density at radius 1 is 1.03 bits per heavy atom. The molecule has 33 heavy (non-hydrogen) atoms. The number of nitrogens with one attached hydrogen (secondary N) is 2. The summed E-state index contributed by atoms with van der Waals surface area (Å²) in [5.74, 6) is 0.113. The van der Waals surface area contributed by atoms with Gasteiger partial charge in [0.05, 0.1) is 30.7 Å². The molecule has 0 saturated carbocycles. The molecule has 0 bridgehead atoms. The highest BCUT2D eigenvalue weighted by molar-refractivity contribution is 6.05. The number of pyridine rings is 1. The molecule has 0 spiro atoms. The molecule has 2 aliphatic rings. The summed E-state index contributed by atoms with van der Waals surface area (Å²) >= 11 is 0. The van der Waals surface area contributed by atoms with Crippen molar-refractivity contribution in [2.75, 3.05) is 36.5 Å². The van der Waals surface area contributed by atoms with Crippen LogP contribution in [0.2, 0.25) is 0 Å². The average Bonchev–Trinajstić information content (AvgIpc) is 3.33. The molecule has 2 aliphatic heterocycles. The van der Waals surface area contributed by atoms with E-state index in [0.717, 1.165) is 48.8 Å². The average molecular weight is 438 g/mol. The Balaban J connectivity index is 1.37. The molecule has 0 atom stereocenters. The Morgan fingerprint density at radius 2 is 1.88 bits per heavy atom. The lowest BCUT2D eigenvalue weighted by atomic mass is 10.0. The number of fused-ring (bicyclic) bond motifs is 2. The molecule has 3 aromatic heterocycles. The molecule has 1 amide bonds. The van der Waals surface area contributed by atoms with Crippen molar-refractivity contribution in [3.05, 3.63) is 66.1 Å². The smallest absolute Gasteiger partial charge is 0.281 e. The molecule has 2 N–H and O–H groups in total. The molecule has 1 fully saturated rings. The highest BCUT2D eigenvalue weighted by atomic mass is 16.5. The third kappa shape index (κ3) is 3.68. The van der Waals surface area contributed by atoms with Crippen LogP contribution in [0.4, 0.5) is 17.2 Å². The predicted octanol–water partition coefficient (Wildman–Crippen LogP) is 3.33. The molecular weight excluding hydrogens is 418 g/mol. The lowest BCUT2D eigenvalue weighted by Gasteiger charge is -2.29. The molecule has 1 saturated heterocycles.